The largest absolute Gasteiger partial charge is 0.357 e. The van der Waals surface area contributed by atoms with Gasteiger partial charge in [0.05, 0.1) is 0 Å². The molecule has 0 radical (unpaired) electrons. The van der Waals surface area contributed by atoms with Crippen LogP contribution in [0.3, 0.4) is 0 Å². The number of nitrogens with one attached hydrogen (secondary N) is 3. The number of aliphatic imine (C=N–C) groups is 1. The third-order valence-corrected chi connectivity index (χ3v) is 4.34. The number of nitrogens with zero attached hydrogens (tertiary/aromatic N) is 1. The van der Waals surface area contributed by atoms with Gasteiger partial charge in [-0.3, -0.25) is 4.79 Å². The van der Waals surface area contributed by atoms with E-state index in [0.717, 1.165) is 18.4 Å². The van der Waals surface area contributed by atoms with E-state index in [4.69, 9.17) is 11.6 Å². The molecule has 8 heteroatoms. The fourth-order valence-electron chi connectivity index (χ4n) is 2.43. The predicted molar refractivity (Wildman–Crippen MR) is 115 cm³/mol. The van der Waals surface area contributed by atoms with E-state index in [0.29, 0.717) is 30.1 Å². The number of hydrogen-bond donors (Lipinski definition) is 3. The topological polar surface area (TPSA) is 65.5 Å². The first-order valence-corrected chi connectivity index (χ1v) is 8.96. The molecule has 0 atom stereocenters. The summed E-state index contributed by atoms with van der Waals surface area (Å²) in [5, 5.41) is 9.66. The molecule has 3 N–H and O–H groups in total. The van der Waals surface area contributed by atoms with Crippen molar-refractivity contribution in [3.05, 3.63) is 34.6 Å². The number of guanidine groups is 1. The van der Waals surface area contributed by atoms with Crippen LogP contribution in [0.25, 0.3) is 0 Å². The van der Waals surface area contributed by atoms with Gasteiger partial charge in [-0.2, -0.15) is 0 Å². The third kappa shape index (κ3) is 7.26. The van der Waals surface area contributed by atoms with Crippen molar-refractivity contribution in [1.82, 2.24) is 16.0 Å². The summed E-state index contributed by atoms with van der Waals surface area (Å²) in [7, 11) is 0. The maximum Gasteiger partial charge on any atom is 0.242 e. The van der Waals surface area contributed by atoms with Gasteiger partial charge >= 0.3 is 0 Å². The molecular weight excluding hydrogens is 470 g/mol. The first-order valence-electron chi connectivity index (χ1n) is 8.59. The lowest BCUT2D eigenvalue weighted by Gasteiger charge is -2.27. The van der Waals surface area contributed by atoms with E-state index >= 15 is 0 Å². The summed E-state index contributed by atoms with van der Waals surface area (Å²) in [6.45, 7) is 7.31. The fraction of sp³-hybridized carbons (Fsp3) is 0.556. The first kappa shape index (κ1) is 23.0. The minimum atomic E-state index is -0.353. The Bertz CT molecular complexity index is 650. The Morgan fingerprint density at radius 2 is 2.04 bits per heavy atom. The van der Waals surface area contributed by atoms with E-state index in [2.05, 4.69) is 20.9 Å². The number of halogens is 3. The van der Waals surface area contributed by atoms with Crippen molar-refractivity contribution in [2.75, 3.05) is 19.6 Å². The van der Waals surface area contributed by atoms with Crippen molar-refractivity contribution in [3.63, 3.8) is 0 Å². The monoisotopic (exact) mass is 496 g/mol. The van der Waals surface area contributed by atoms with E-state index in [9.17, 15) is 9.18 Å². The van der Waals surface area contributed by atoms with Gasteiger partial charge < -0.3 is 16.0 Å². The fourth-order valence-corrected chi connectivity index (χ4v) is 2.85. The van der Waals surface area contributed by atoms with Crippen molar-refractivity contribution >= 4 is 47.4 Å². The number of carbonyl (C=O) groups is 1. The van der Waals surface area contributed by atoms with Crippen molar-refractivity contribution in [2.45, 2.75) is 45.1 Å². The zero-order valence-electron chi connectivity index (χ0n) is 15.4. The predicted octanol–water partition coefficient (Wildman–Crippen LogP) is 3.21. The second-order valence-electron chi connectivity index (χ2n) is 6.90. The molecule has 0 heterocycles. The number of benzene rings is 1. The SMILES string of the molecule is CCNC(=NCC(=O)NC1CC1)NCC(C)(C)c1ccc(F)cc1Cl.I. The van der Waals surface area contributed by atoms with Crippen molar-refractivity contribution in [3.8, 4) is 0 Å². The summed E-state index contributed by atoms with van der Waals surface area (Å²) in [6.07, 6.45) is 2.11. The highest BCUT2D eigenvalue weighted by atomic mass is 127. The van der Waals surface area contributed by atoms with Crippen LogP contribution in [0.4, 0.5) is 4.39 Å². The Labute approximate surface area is 176 Å². The minimum Gasteiger partial charge on any atom is -0.357 e. The molecule has 26 heavy (non-hydrogen) atoms. The molecule has 0 aliphatic heterocycles. The first-order chi connectivity index (χ1) is 11.8. The molecule has 146 valence electrons. The highest BCUT2D eigenvalue weighted by molar-refractivity contribution is 14.0. The molecule has 5 nitrogen and oxygen atoms in total. The average molecular weight is 497 g/mol. The summed E-state index contributed by atoms with van der Waals surface area (Å²) in [6, 6.07) is 4.76. The van der Waals surface area contributed by atoms with E-state index in [1.165, 1.54) is 12.1 Å². The molecule has 1 aliphatic carbocycles. The Balaban J connectivity index is 0.00000338. The van der Waals surface area contributed by atoms with Gasteiger partial charge in [0.15, 0.2) is 5.96 Å². The zero-order chi connectivity index (χ0) is 18.4. The molecule has 1 aromatic carbocycles. The Morgan fingerprint density at radius 1 is 1.35 bits per heavy atom. The number of carbonyl (C=O) groups excluding carboxylic acids is 1. The van der Waals surface area contributed by atoms with Crippen LogP contribution >= 0.6 is 35.6 Å². The van der Waals surface area contributed by atoms with Crippen LogP contribution in [-0.4, -0.2) is 37.5 Å². The summed E-state index contributed by atoms with van der Waals surface area (Å²) >= 11 is 6.18. The Kier molecular flexibility index (Phi) is 9.09. The smallest absolute Gasteiger partial charge is 0.242 e. The number of hydrogen-bond acceptors (Lipinski definition) is 2. The van der Waals surface area contributed by atoms with E-state index < -0.39 is 0 Å². The number of rotatable bonds is 7. The van der Waals surface area contributed by atoms with Crippen molar-refractivity contribution in [1.29, 1.82) is 0 Å². The lowest BCUT2D eigenvalue weighted by atomic mass is 9.84. The lowest BCUT2D eigenvalue weighted by molar-refractivity contribution is -0.119. The van der Waals surface area contributed by atoms with Gasteiger partial charge in [-0.1, -0.05) is 31.5 Å². The molecule has 1 amide bonds. The molecule has 2 rings (SSSR count). The minimum absolute atomic E-state index is 0. The standard InChI is InChI=1S/C18H26ClFN4O.HI/c1-4-21-17(22-10-16(25)24-13-6-7-13)23-11-18(2,3)14-8-5-12(20)9-15(14)19;/h5,8-9,13H,4,6-7,10-11H2,1-3H3,(H,24,25)(H2,21,22,23);1H. The van der Waals surface area contributed by atoms with Gasteiger partial charge in [0.25, 0.3) is 0 Å². The summed E-state index contributed by atoms with van der Waals surface area (Å²) in [4.78, 5) is 16.1. The van der Waals surface area contributed by atoms with Gasteiger partial charge in [-0.25, -0.2) is 9.38 Å². The van der Waals surface area contributed by atoms with Crippen LogP contribution in [0.1, 0.15) is 39.2 Å². The molecule has 1 aromatic rings. The highest BCUT2D eigenvalue weighted by Gasteiger charge is 2.25. The molecule has 0 saturated heterocycles. The Morgan fingerprint density at radius 3 is 2.62 bits per heavy atom. The summed E-state index contributed by atoms with van der Waals surface area (Å²) in [5.74, 6) is 0.148. The van der Waals surface area contributed by atoms with Crippen LogP contribution in [0.2, 0.25) is 5.02 Å². The normalized spacial score (nSPS) is 14.4. The Hall–Kier alpha value is -1.09. The van der Waals surface area contributed by atoms with Crippen LogP contribution in [0.15, 0.2) is 23.2 Å². The summed E-state index contributed by atoms with van der Waals surface area (Å²) in [5.41, 5.74) is 0.516. The maximum atomic E-state index is 13.3. The molecule has 1 aliphatic rings. The van der Waals surface area contributed by atoms with Gasteiger partial charge in [-0.15, -0.1) is 24.0 Å². The lowest BCUT2D eigenvalue weighted by Crippen LogP contribution is -2.44. The van der Waals surface area contributed by atoms with Crippen LogP contribution in [0.5, 0.6) is 0 Å². The van der Waals surface area contributed by atoms with Crippen LogP contribution in [0, 0.1) is 5.82 Å². The third-order valence-electron chi connectivity index (χ3n) is 4.03. The van der Waals surface area contributed by atoms with Crippen molar-refractivity contribution in [2.24, 2.45) is 4.99 Å². The average Bonchev–Trinajstić information content (AvgIpc) is 3.33. The molecular formula is C18H27ClFIN4O. The van der Waals surface area contributed by atoms with E-state index in [-0.39, 0.29) is 47.7 Å². The molecule has 1 fully saturated rings. The second kappa shape index (κ2) is 10.3. The van der Waals surface area contributed by atoms with Crippen LogP contribution < -0.4 is 16.0 Å². The second-order valence-corrected chi connectivity index (χ2v) is 7.31. The van der Waals surface area contributed by atoms with Gasteiger partial charge in [0.1, 0.15) is 12.4 Å². The zero-order valence-corrected chi connectivity index (χ0v) is 18.5. The van der Waals surface area contributed by atoms with E-state index in [1.54, 1.807) is 6.07 Å². The molecule has 0 unspecified atom stereocenters. The van der Waals surface area contributed by atoms with Crippen molar-refractivity contribution < 1.29 is 9.18 Å². The van der Waals surface area contributed by atoms with Gasteiger partial charge in [0, 0.05) is 29.6 Å². The quantitative estimate of drug-likeness (QED) is 0.309. The van der Waals surface area contributed by atoms with Gasteiger partial charge in [-0.05, 0) is 37.5 Å². The molecule has 0 spiro atoms. The maximum absolute atomic E-state index is 13.3. The van der Waals surface area contributed by atoms with Crippen LogP contribution in [-0.2, 0) is 10.2 Å². The molecule has 1 saturated carbocycles. The summed E-state index contributed by atoms with van der Waals surface area (Å²) < 4.78 is 13.3. The number of amides is 1. The molecule has 0 aromatic heterocycles. The van der Waals surface area contributed by atoms with E-state index in [1.807, 2.05) is 20.8 Å². The molecule has 0 bridgehead atoms. The highest BCUT2D eigenvalue weighted by Crippen LogP contribution is 2.29. The van der Waals surface area contributed by atoms with Gasteiger partial charge in [0.2, 0.25) is 5.91 Å².